The monoisotopic (exact) mass is 562 g/mol. The maximum absolute atomic E-state index is 14.0. The number of anilines is 2. The highest BCUT2D eigenvalue weighted by atomic mass is 19.1. The Kier molecular flexibility index (Phi) is 10.3. The fourth-order valence-electron chi connectivity index (χ4n) is 4.98. The number of amides is 3. The first-order chi connectivity index (χ1) is 19.9. The van der Waals surface area contributed by atoms with Gasteiger partial charge in [0.15, 0.2) is 0 Å². The first-order valence-corrected chi connectivity index (χ1v) is 13.7. The molecule has 0 bridgehead atoms. The van der Waals surface area contributed by atoms with E-state index in [1.54, 1.807) is 42.6 Å². The van der Waals surface area contributed by atoms with Crippen LogP contribution in [0.5, 0.6) is 11.5 Å². The molecule has 9 nitrogen and oxygen atoms in total. The second kappa shape index (κ2) is 14.2. The van der Waals surface area contributed by atoms with Crippen molar-refractivity contribution in [3.05, 3.63) is 78.2 Å². The number of pyridine rings is 1. The van der Waals surface area contributed by atoms with Crippen LogP contribution in [0.15, 0.2) is 66.9 Å². The second-order valence-corrected chi connectivity index (χ2v) is 9.86. The molecule has 1 aromatic heterocycles. The summed E-state index contributed by atoms with van der Waals surface area (Å²) in [7, 11) is 2.98. The van der Waals surface area contributed by atoms with E-state index in [-0.39, 0.29) is 37.1 Å². The van der Waals surface area contributed by atoms with Crippen LogP contribution in [0.4, 0.5) is 15.9 Å². The van der Waals surface area contributed by atoms with Crippen LogP contribution in [0, 0.1) is 5.82 Å². The average molecular weight is 563 g/mol. The summed E-state index contributed by atoms with van der Waals surface area (Å²) in [4.78, 5) is 45.9. The fourth-order valence-corrected chi connectivity index (χ4v) is 4.98. The largest absolute Gasteiger partial charge is 0.497 e. The van der Waals surface area contributed by atoms with Crippen LogP contribution >= 0.6 is 0 Å². The SMILES string of the molecule is COc1ccc(OC)c(N(C(=O)CCCC(=O)Nc2ccccn2)[C@H](C(=O)NC2CCCC2)c2ccc(F)cc2)c1. The number of rotatable bonds is 12. The lowest BCUT2D eigenvalue weighted by Gasteiger charge is -2.33. The number of methoxy groups -OCH3 is 2. The van der Waals surface area contributed by atoms with Crippen LogP contribution in [0.2, 0.25) is 0 Å². The van der Waals surface area contributed by atoms with Crippen LogP contribution in [0.3, 0.4) is 0 Å². The van der Waals surface area contributed by atoms with Crippen molar-refractivity contribution >= 4 is 29.2 Å². The van der Waals surface area contributed by atoms with Gasteiger partial charge in [-0.25, -0.2) is 9.37 Å². The van der Waals surface area contributed by atoms with E-state index < -0.39 is 17.8 Å². The molecule has 4 rings (SSSR count). The summed E-state index contributed by atoms with van der Waals surface area (Å²) in [5.41, 5.74) is 0.763. The molecule has 1 atom stereocenters. The molecule has 2 N–H and O–H groups in total. The third-order valence-electron chi connectivity index (χ3n) is 7.03. The van der Waals surface area contributed by atoms with Gasteiger partial charge in [-0.3, -0.25) is 19.3 Å². The zero-order valence-electron chi connectivity index (χ0n) is 23.3. The van der Waals surface area contributed by atoms with Crippen LogP contribution in [0.25, 0.3) is 0 Å². The quantitative estimate of drug-likeness (QED) is 0.315. The molecule has 0 unspecified atom stereocenters. The summed E-state index contributed by atoms with van der Waals surface area (Å²) in [6.45, 7) is 0. The molecule has 1 aliphatic carbocycles. The van der Waals surface area contributed by atoms with Gasteiger partial charge in [-0.1, -0.05) is 31.0 Å². The summed E-state index contributed by atoms with van der Waals surface area (Å²) in [6, 6.07) is 14.6. The van der Waals surface area contributed by atoms with Gasteiger partial charge < -0.3 is 20.1 Å². The van der Waals surface area contributed by atoms with Crippen molar-refractivity contribution in [1.29, 1.82) is 0 Å². The number of ether oxygens (including phenoxy) is 2. The highest BCUT2D eigenvalue weighted by Crippen LogP contribution is 2.38. The number of carbonyl (C=O) groups is 3. The van der Waals surface area contributed by atoms with Crippen molar-refractivity contribution < 1.29 is 28.2 Å². The van der Waals surface area contributed by atoms with Gasteiger partial charge >= 0.3 is 0 Å². The van der Waals surface area contributed by atoms with Crippen molar-refractivity contribution in [2.24, 2.45) is 0 Å². The summed E-state index contributed by atoms with van der Waals surface area (Å²) in [5, 5.41) is 5.81. The number of hydrogen-bond acceptors (Lipinski definition) is 6. The Labute approximate surface area is 239 Å². The van der Waals surface area contributed by atoms with Gasteiger partial charge in [0.1, 0.15) is 29.2 Å². The van der Waals surface area contributed by atoms with E-state index in [4.69, 9.17) is 9.47 Å². The van der Waals surface area contributed by atoms with Gasteiger partial charge in [-0.05, 0) is 61.2 Å². The summed E-state index contributed by atoms with van der Waals surface area (Å²) in [5.74, 6) is -0.287. The predicted octanol–water partition coefficient (Wildman–Crippen LogP) is 5.18. The van der Waals surface area contributed by atoms with E-state index >= 15 is 0 Å². The minimum absolute atomic E-state index is 0.00935. The Morgan fingerprint density at radius 2 is 1.76 bits per heavy atom. The molecule has 1 fully saturated rings. The molecule has 216 valence electrons. The molecule has 2 aromatic carbocycles. The Hall–Kier alpha value is -4.47. The van der Waals surface area contributed by atoms with E-state index in [0.717, 1.165) is 25.7 Å². The number of halogens is 1. The second-order valence-electron chi connectivity index (χ2n) is 9.86. The fraction of sp³-hybridized carbons (Fsp3) is 0.355. The van der Waals surface area contributed by atoms with Crippen molar-refractivity contribution in [2.45, 2.75) is 57.0 Å². The van der Waals surface area contributed by atoms with Crippen molar-refractivity contribution in [1.82, 2.24) is 10.3 Å². The molecule has 10 heteroatoms. The van der Waals surface area contributed by atoms with Crippen LogP contribution in [0.1, 0.15) is 56.6 Å². The minimum Gasteiger partial charge on any atom is -0.497 e. The normalized spacial score (nSPS) is 13.7. The molecular weight excluding hydrogens is 527 g/mol. The lowest BCUT2D eigenvalue weighted by Crippen LogP contribution is -2.46. The molecule has 1 heterocycles. The van der Waals surface area contributed by atoms with Gasteiger partial charge in [0.25, 0.3) is 0 Å². The van der Waals surface area contributed by atoms with Crippen molar-refractivity contribution in [3.8, 4) is 11.5 Å². The van der Waals surface area contributed by atoms with Crippen LogP contribution < -0.4 is 25.0 Å². The third-order valence-corrected chi connectivity index (χ3v) is 7.03. The van der Waals surface area contributed by atoms with Crippen molar-refractivity contribution in [2.75, 3.05) is 24.4 Å². The van der Waals surface area contributed by atoms with Gasteiger partial charge in [-0.2, -0.15) is 0 Å². The topological polar surface area (TPSA) is 110 Å². The Morgan fingerprint density at radius 1 is 1.00 bits per heavy atom. The van der Waals surface area contributed by atoms with E-state index in [1.165, 1.54) is 43.4 Å². The van der Waals surface area contributed by atoms with E-state index in [2.05, 4.69) is 15.6 Å². The molecule has 0 saturated heterocycles. The van der Waals surface area contributed by atoms with Gasteiger partial charge in [0.2, 0.25) is 17.7 Å². The molecule has 3 aromatic rings. The summed E-state index contributed by atoms with van der Waals surface area (Å²) < 4.78 is 24.9. The molecule has 0 aliphatic heterocycles. The zero-order valence-corrected chi connectivity index (χ0v) is 23.3. The number of benzene rings is 2. The van der Waals surface area contributed by atoms with Crippen LogP contribution in [-0.2, 0) is 14.4 Å². The van der Waals surface area contributed by atoms with Crippen LogP contribution in [-0.4, -0.2) is 43.0 Å². The first kappa shape index (κ1) is 29.5. The smallest absolute Gasteiger partial charge is 0.248 e. The number of carbonyl (C=O) groups excluding carboxylic acids is 3. The number of hydrogen-bond donors (Lipinski definition) is 2. The lowest BCUT2D eigenvalue weighted by atomic mass is 10.0. The maximum atomic E-state index is 14.0. The van der Waals surface area contributed by atoms with Crippen molar-refractivity contribution in [3.63, 3.8) is 0 Å². The molecule has 41 heavy (non-hydrogen) atoms. The van der Waals surface area contributed by atoms with E-state index in [1.807, 2.05) is 0 Å². The maximum Gasteiger partial charge on any atom is 0.248 e. The van der Waals surface area contributed by atoms with Gasteiger partial charge in [0.05, 0.1) is 19.9 Å². The number of nitrogens with one attached hydrogen (secondary N) is 2. The predicted molar refractivity (Wildman–Crippen MR) is 153 cm³/mol. The van der Waals surface area contributed by atoms with Gasteiger partial charge in [0, 0.05) is 31.1 Å². The Morgan fingerprint density at radius 3 is 2.41 bits per heavy atom. The highest BCUT2D eigenvalue weighted by molar-refractivity contribution is 6.03. The lowest BCUT2D eigenvalue weighted by molar-refractivity contribution is -0.127. The van der Waals surface area contributed by atoms with E-state index in [0.29, 0.717) is 28.6 Å². The summed E-state index contributed by atoms with van der Waals surface area (Å²) in [6.07, 6.45) is 5.56. The highest BCUT2D eigenvalue weighted by Gasteiger charge is 2.36. The molecule has 1 saturated carbocycles. The number of aromatic nitrogens is 1. The van der Waals surface area contributed by atoms with Gasteiger partial charge in [-0.15, -0.1) is 0 Å². The first-order valence-electron chi connectivity index (χ1n) is 13.7. The molecule has 1 aliphatic rings. The number of nitrogens with zero attached hydrogens (tertiary/aromatic N) is 2. The average Bonchev–Trinajstić information content (AvgIpc) is 3.49. The standard InChI is InChI=1S/C31H35FN4O5/c1-40-24-17-18-26(41-2)25(20-24)36(29(38)12-7-11-28(37)35-27-10-5-6-19-33-27)30(21-13-15-22(32)16-14-21)31(39)34-23-8-3-4-9-23/h5-6,10,13-20,23,30H,3-4,7-9,11-12H2,1-2H3,(H,34,39)(H,33,35,37)/t30-/m0/s1. The molecule has 3 amide bonds. The molecule has 0 spiro atoms. The Bertz CT molecular complexity index is 1330. The molecular formula is C31H35FN4O5. The summed E-state index contributed by atoms with van der Waals surface area (Å²) >= 11 is 0. The Balaban J connectivity index is 1.66. The van der Waals surface area contributed by atoms with E-state index in [9.17, 15) is 18.8 Å². The third kappa shape index (κ3) is 7.81. The molecule has 0 radical (unpaired) electrons. The minimum atomic E-state index is -1.12. The zero-order chi connectivity index (χ0) is 29.2.